The van der Waals surface area contributed by atoms with Gasteiger partial charge in [0.2, 0.25) is 0 Å². The molecule has 1 amide bonds. The van der Waals surface area contributed by atoms with Crippen LogP contribution >= 0.6 is 0 Å². The first-order valence-corrected chi connectivity index (χ1v) is 6.12. The summed E-state index contributed by atoms with van der Waals surface area (Å²) in [7, 11) is 1.68. The Morgan fingerprint density at radius 1 is 1.47 bits per heavy atom. The molecule has 1 unspecified atom stereocenters. The maximum atomic E-state index is 11.8. The number of nitrogens with one attached hydrogen (secondary N) is 1. The van der Waals surface area contributed by atoms with Crippen LogP contribution in [0, 0.1) is 0 Å². The standard InChI is InChI=1S/C12H24N2O3/c1-12(2,3)17-11(15)14-7-5-10(9-14)13-6-8-16-4/h10,13H,5-9H2,1-4H3. The van der Waals surface area contributed by atoms with Crippen LogP contribution in [0.4, 0.5) is 4.79 Å². The zero-order chi connectivity index (χ0) is 12.9. The minimum Gasteiger partial charge on any atom is -0.444 e. The smallest absolute Gasteiger partial charge is 0.410 e. The van der Waals surface area contributed by atoms with Crippen LogP contribution in [0.3, 0.4) is 0 Å². The van der Waals surface area contributed by atoms with Crippen LogP contribution in [0.1, 0.15) is 27.2 Å². The Labute approximate surface area is 103 Å². The lowest BCUT2D eigenvalue weighted by atomic mass is 10.2. The molecule has 100 valence electrons. The molecule has 5 nitrogen and oxygen atoms in total. The van der Waals surface area contributed by atoms with Crippen molar-refractivity contribution in [1.29, 1.82) is 0 Å². The third-order valence-corrected chi connectivity index (χ3v) is 2.58. The van der Waals surface area contributed by atoms with E-state index in [-0.39, 0.29) is 6.09 Å². The van der Waals surface area contributed by atoms with E-state index in [9.17, 15) is 4.79 Å². The van der Waals surface area contributed by atoms with E-state index in [0.717, 1.165) is 26.1 Å². The second kappa shape index (κ2) is 6.21. The molecule has 1 N–H and O–H groups in total. The van der Waals surface area contributed by atoms with Crippen molar-refractivity contribution < 1.29 is 14.3 Å². The molecule has 0 aromatic heterocycles. The Balaban J connectivity index is 2.27. The number of carbonyl (C=O) groups is 1. The topological polar surface area (TPSA) is 50.8 Å². The van der Waals surface area contributed by atoms with E-state index < -0.39 is 5.60 Å². The number of hydrogen-bond acceptors (Lipinski definition) is 4. The van der Waals surface area contributed by atoms with Crippen molar-refractivity contribution in [2.75, 3.05) is 33.4 Å². The van der Waals surface area contributed by atoms with E-state index in [2.05, 4.69) is 5.32 Å². The molecule has 1 atom stereocenters. The predicted molar refractivity (Wildman–Crippen MR) is 66.1 cm³/mol. The van der Waals surface area contributed by atoms with Crippen molar-refractivity contribution in [3.63, 3.8) is 0 Å². The van der Waals surface area contributed by atoms with Crippen molar-refractivity contribution in [1.82, 2.24) is 10.2 Å². The number of amides is 1. The minimum absolute atomic E-state index is 0.214. The fourth-order valence-electron chi connectivity index (χ4n) is 1.78. The van der Waals surface area contributed by atoms with Crippen LogP contribution < -0.4 is 5.32 Å². The van der Waals surface area contributed by atoms with Crippen LogP contribution in [-0.2, 0) is 9.47 Å². The summed E-state index contributed by atoms with van der Waals surface area (Å²) in [5.74, 6) is 0. The predicted octanol–water partition coefficient (Wildman–Crippen LogP) is 1.23. The highest BCUT2D eigenvalue weighted by Crippen LogP contribution is 2.15. The summed E-state index contributed by atoms with van der Waals surface area (Å²) < 4.78 is 10.3. The maximum Gasteiger partial charge on any atom is 0.410 e. The van der Waals surface area contributed by atoms with Crippen LogP contribution in [0.2, 0.25) is 0 Å². The average molecular weight is 244 g/mol. The van der Waals surface area contributed by atoms with Gasteiger partial charge >= 0.3 is 6.09 Å². The Bertz CT molecular complexity index is 251. The third kappa shape index (κ3) is 5.37. The second-order valence-corrected chi connectivity index (χ2v) is 5.36. The normalized spacial score (nSPS) is 20.7. The summed E-state index contributed by atoms with van der Waals surface area (Å²) in [4.78, 5) is 13.5. The summed E-state index contributed by atoms with van der Waals surface area (Å²) in [6.45, 7) is 8.66. The highest BCUT2D eigenvalue weighted by Gasteiger charge is 2.29. The molecule has 1 heterocycles. The molecule has 0 aromatic carbocycles. The number of rotatable bonds is 4. The number of nitrogens with zero attached hydrogens (tertiary/aromatic N) is 1. The van der Waals surface area contributed by atoms with E-state index in [0.29, 0.717) is 12.6 Å². The summed E-state index contributed by atoms with van der Waals surface area (Å²) in [6.07, 6.45) is 0.761. The SMILES string of the molecule is COCCNC1CCN(C(=O)OC(C)(C)C)C1. The molecule has 0 spiro atoms. The molecule has 1 aliphatic rings. The van der Waals surface area contributed by atoms with Gasteiger partial charge in [-0.3, -0.25) is 0 Å². The van der Waals surface area contributed by atoms with E-state index in [1.54, 1.807) is 12.0 Å². The summed E-state index contributed by atoms with van der Waals surface area (Å²) in [5.41, 5.74) is -0.418. The minimum atomic E-state index is -0.418. The first-order valence-electron chi connectivity index (χ1n) is 6.12. The number of ether oxygens (including phenoxy) is 2. The van der Waals surface area contributed by atoms with Gasteiger partial charge in [0, 0.05) is 32.8 Å². The zero-order valence-electron chi connectivity index (χ0n) is 11.3. The number of carbonyl (C=O) groups excluding carboxylic acids is 1. The lowest BCUT2D eigenvalue weighted by Gasteiger charge is -2.24. The Hall–Kier alpha value is -0.810. The molecule has 0 aromatic rings. The van der Waals surface area contributed by atoms with Gasteiger partial charge in [0.1, 0.15) is 5.60 Å². The van der Waals surface area contributed by atoms with Crippen molar-refractivity contribution >= 4 is 6.09 Å². The average Bonchev–Trinajstić information content (AvgIpc) is 2.64. The lowest BCUT2D eigenvalue weighted by Crippen LogP contribution is -2.39. The van der Waals surface area contributed by atoms with Crippen LogP contribution in [0.5, 0.6) is 0 Å². The van der Waals surface area contributed by atoms with Gasteiger partial charge in [-0.05, 0) is 27.2 Å². The highest BCUT2D eigenvalue weighted by atomic mass is 16.6. The van der Waals surface area contributed by atoms with Crippen molar-refractivity contribution in [3.8, 4) is 0 Å². The molecule has 0 saturated carbocycles. The molecule has 1 aliphatic heterocycles. The van der Waals surface area contributed by atoms with Gasteiger partial charge in [0.25, 0.3) is 0 Å². The van der Waals surface area contributed by atoms with Crippen LogP contribution in [-0.4, -0.2) is 56.0 Å². The maximum absolute atomic E-state index is 11.8. The molecule has 0 bridgehead atoms. The largest absolute Gasteiger partial charge is 0.444 e. The van der Waals surface area contributed by atoms with E-state index in [4.69, 9.17) is 9.47 Å². The first-order chi connectivity index (χ1) is 7.92. The van der Waals surface area contributed by atoms with Gasteiger partial charge in [0.15, 0.2) is 0 Å². The molecule has 17 heavy (non-hydrogen) atoms. The fraction of sp³-hybridized carbons (Fsp3) is 0.917. The van der Waals surface area contributed by atoms with Gasteiger partial charge in [-0.2, -0.15) is 0 Å². The van der Waals surface area contributed by atoms with Gasteiger partial charge < -0.3 is 19.7 Å². The molecular weight excluding hydrogens is 220 g/mol. The van der Waals surface area contributed by atoms with E-state index in [1.165, 1.54) is 0 Å². The van der Waals surface area contributed by atoms with Crippen LogP contribution in [0.15, 0.2) is 0 Å². The Morgan fingerprint density at radius 3 is 2.76 bits per heavy atom. The fourth-order valence-corrected chi connectivity index (χ4v) is 1.78. The second-order valence-electron chi connectivity index (χ2n) is 5.36. The van der Waals surface area contributed by atoms with E-state index in [1.807, 2.05) is 20.8 Å². The van der Waals surface area contributed by atoms with Gasteiger partial charge in [-0.1, -0.05) is 0 Å². The molecule has 1 saturated heterocycles. The molecule has 0 aliphatic carbocycles. The van der Waals surface area contributed by atoms with Crippen molar-refractivity contribution in [3.05, 3.63) is 0 Å². The van der Waals surface area contributed by atoms with Crippen LogP contribution in [0.25, 0.3) is 0 Å². The summed E-state index contributed by atoms with van der Waals surface area (Å²) in [5, 5.41) is 3.36. The quantitative estimate of drug-likeness (QED) is 0.756. The Morgan fingerprint density at radius 2 is 2.18 bits per heavy atom. The molecule has 5 heteroatoms. The number of hydrogen-bond donors (Lipinski definition) is 1. The molecule has 1 rings (SSSR count). The molecule has 1 fully saturated rings. The van der Waals surface area contributed by atoms with Gasteiger partial charge in [-0.15, -0.1) is 0 Å². The number of methoxy groups -OCH3 is 1. The highest BCUT2D eigenvalue weighted by molar-refractivity contribution is 5.68. The third-order valence-electron chi connectivity index (χ3n) is 2.58. The number of likely N-dealkylation sites (tertiary alicyclic amines) is 1. The molecule has 0 radical (unpaired) electrons. The van der Waals surface area contributed by atoms with Gasteiger partial charge in [0.05, 0.1) is 6.61 Å². The summed E-state index contributed by atoms with van der Waals surface area (Å²) in [6, 6.07) is 0.359. The van der Waals surface area contributed by atoms with Gasteiger partial charge in [-0.25, -0.2) is 4.79 Å². The first kappa shape index (κ1) is 14.3. The van der Waals surface area contributed by atoms with Crippen molar-refractivity contribution in [2.24, 2.45) is 0 Å². The van der Waals surface area contributed by atoms with E-state index >= 15 is 0 Å². The van der Waals surface area contributed by atoms with Crippen molar-refractivity contribution in [2.45, 2.75) is 38.8 Å². The zero-order valence-corrected chi connectivity index (χ0v) is 11.3. The summed E-state index contributed by atoms with van der Waals surface area (Å²) >= 11 is 0. The monoisotopic (exact) mass is 244 g/mol. The lowest BCUT2D eigenvalue weighted by molar-refractivity contribution is 0.0291. The molecular formula is C12H24N2O3. The Kier molecular flexibility index (Phi) is 5.21.